The van der Waals surface area contributed by atoms with Crippen molar-refractivity contribution in [2.24, 2.45) is 5.73 Å². The van der Waals surface area contributed by atoms with Gasteiger partial charge in [-0.25, -0.2) is 0 Å². The number of nitrogens with two attached hydrogens (primary N) is 1. The minimum Gasteiger partial charge on any atom is -0.355 e. The molecule has 0 fully saturated rings. The molecule has 4 heteroatoms. The summed E-state index contributed by atoms with van der Waals surface area (Å²) < 4.78 is 0. The Morgan fingerprint density at radius 2 is 1.90 bits per heavy atom. The van der Waals surface area contributed by atoms with Crippen LogP contribution in [0.25, 0.3) is 0 Å². The van der Waals surface area contributed by atoms with E-state index in [2.05, 4.69) is 11.6 Å². The molecule has 0 aromatic heterocycles. The standard InChI is InChI=1S/C16H26N2OS/c1-20-12-8-3-2-7-11-18-16(19)15(17)13-14-9-5-4-6-10-14/h4-6,9-10,15H,2-3,7-8,11-13,17H2,1H3,(H,18,19)/t15-/m0/s1. The van der Waals surface area contributed by atoms with Crippen LogP contribution in [0.15, 0.2) is 30.3 Å². The van der Waals surface area contributed by atoms with Crippen LogP contribution in [-0.2, 0) is 11.2 Å². The summed E-state index contributed by atoms with van der Waals surface area (Å²) in [4.78, 5) is 11.8. The quantitative estimate of drug-likeness (QED) is 0.652. The third-order valence-corrected chi connectivity index (χ3v) is 3.91. The number of nitrogens with one attached hydrogen (secondary N) is 1. The summed E-state index contributed by atoms with van der Waals surface area (Å²) in [6, 6.07) is 9.45. The molecule has 1 atom stereocenters. The summed E-state index contributed by atoms with van der Waals surface area (Å²) in [5, 5.41) is 2.92. The normalized spacial score (nSPS) is 12.1. The van der Waals surface area contributed by atoms with Gasteiger partial charge >= 0.3 is 0 Å². The van der Waals surface area contributed by atoms with Gasteiger partial charge in [-0.2, -0.15) is 11.8 Å². The second-order valence-corrected chi connectivity index (χ2v) is 5.98. The van der Waals surface area contributed by atoms with Crippen LogP contribution in [0.1, 0.15) is 31.2 Å². The van der Waals surface area contributed by atoms with Gasteiger partial charge in [0.2, 0.25) is 5.91 Å². The largest absolute Gasteiger partial charge is 0.355 e. The van der Waals surface area contributed by atoms with Gasteiger partial charge < -0.3 is 11.1 Å². The molecule has 0 aliphatic rings. The van der Waals surface area contributed by atoms with Crippen LogP contribution in [0.3, 0.4) is 0 Å². The molecule has 0 spiro atoms. The highest BCUT2D eigenvalue weighted by Gasteiger charge is 2.12. The number of carbonyl (C=O) groups is 1. The minimum absolute atomic E-state index is 0.0435. The first kappa shape index (κ1) is 17.1. The number of amides is 1. The van der Waals surface area contributed by atoms with E-state index in [0.29, 0.717) is 6.42 Å². The van der Waals surface area contributed by atoms with Crippen LogP contribution in [0, 0.1) is 0 Å². The summed E-state index contributed by atoms with van der Waals surface area (Å²) in [7, 11) is 0. The lowest BCUT2D eigenvalue weighted by atomic mass is 10.1. The van der Waals surface area contributed by atoms with Gasteiger partial charge in [-0.1, -0.05) is 43.2 Å². The van der Waals surface area contributed by atoms with E-state index < -0.39 is 6.04 Å². The van der Waals surface area contributed by atoms with E-state index in [1.165, 1.54) is 25.0 Å². The Morgan fingerprint density at radius 1 is 1.20 bits per heavy atom. The van der Waals surface area contributed by atoms with Crippen LogP contribution < -0.4 is 11.1 Å². The van der Waals surface area contributed by atoms with Crippen LogP contribution in [-0.4, -0.2) is 30.5 Å². The first-order valence-electron chi connectivity index (χ1n) is 7.30. The molecule has 1 aromatic rings. The summed E-state index contributed by atoms with van der Waals surface area (Å²) in [6.07, 6.45) is 7.46. The molecule has 112 valence electrons. The lowest BCUT2D eigenvalue weighted by molar-refractivity contribution is -0.122. The molecule has 1 amide bonds. The molecule has 0 saturated heterocycles. The van der Waals surface area contributed by atoms with Gasteiger partial charge in [0.05, 0.1) is 6.04 Å². The number of hydrogen-bond acceptors (Lipinski definition) is 3. The monoisotopic (exact) mass is 294 g/mol. The van der Waals surface area contributed by atoms with Crippen molar-refractivity contribution in [3.8, 4) is 0 Å². The fraction of sp³-hybridized carbons (Fsp3) is 0.562. The number of benzene rings is 1. The number of carbonyl (C=O) groups excluding carboxylic acids is 1. The SMILES string of the molecule is CSCCCCCCNC(=O)[C@@H](N)Cc1ccccc1. The van der Waals surface area contributed by atoms with Crippen molar-refractivity contribution in [1.29, 1.82) is 0 Å². The number of thioether (sulfide) groups is 1. The fourth-order valence-corrected chi connectivity index (χ4v) is 2.52. The summed E-state index contributed by atoms with van der Waals surface area (Å²) in [5.41, 5.74) is 7.02. The molecule has 1 aromatic carbocycles. The van der Waals surface area contributed by atoms with Crippen LogP contribution in [0.4, 0.5) is 0 Å². The Labute approximate surface area is 126 Å². The van der Waals surface area contributed by atoms with Gasteiger partial charge in [0, 0.05) is 6.54 Å². The van der Waals surface area contributed by atoms with Crippen molar-refractivity contribution in [3.05, 3.63) is 35.9 Å². The van der Waals surface area contributed by atoms with E-state index >= 15 is 0 Å². The molecule has 0 radical (unpaired) electrons. The molecular weight excluding hydrogens is 268 g/mol. The Bertz CT molecular complexity index is 370. The Hall–Kier alpha value is -1.00. The van der Waals surface area contributed by atoms with E-state index in [4.69, 9.17) is 5.73 Å². The molecular formula is C16H26N2OS. The Morgan fingerprint density at radius 3 is 2.60 bits per heavy atom. The maximum absolute atomic E-state index is 11.8. The molecule has 3 N–H and O–H groups in total. The fourth-order valence-electron chi connectivity index (χ4n) is 2.03. The highest BCUT2D eigenvalue weighted by Crippen LogP contribution is 2.04. The smallest absolute Gasteiger partial charge is 0.237 e. The average molecular weight is 294 g/mol. The zero-order chi connectivity index (χ0) is 14.6. The van der Waals surface area contributed by atoms with Gasteiger partial charge in [0.15, 0.2) is 0 Å². The molecule has 0 bridgehead atoms. The van der Waals surface area contributed by atoms with Crippen molar-refractivity contribution < 1.29 is 4.79 Å². The molecule has 0 aliphatic heterocycles. The summed E-state index contributed by atoms with van der Waals surface area (Å²) in [6.45, 7) is 0.737. The van der Waals surface area contributed by atoms with Crippen molar-refractivity contribution in [2.75, 3.05) is 18.6 Å². The lowest BCUT2D eigenvalue weighted by Crippen LogP contribution is -2.42. The highest BCUT2D eigenvalue weighted by atomic mass is 32.2. The topological polar surface area (TPSA) is 55.1 Å². The van der Waals surface area contributed by atoms with Gasteiger partial charge in [0.25, 0.3) is 0 Å². The molecule has 20 heavy (non-hydrogen) atoms. The van der Waals surface area contributed by atoms with E-state index in [1.54, 1.807) is 0 Å². The number of rotatable bonds is 10. The molecule has 0 saturated carbocycles. The first-order valence-corrected chi connectivity index (χ1v) is 8.69. The summed E-state index contributed by atoms with van der Waals surface area (Å²) in [5.74, 6) is 1.19. The Balaban J connectivity index is 2.10. The van der Waals surface area contributed by atoms with Crippen molar-refractivity contribution >= 4 is 17.7 Å². The van der Waals surface area contributed by atoms with Gasteiger partial charge in [-0.05, 0) is 36.8 Å². The van der Waals surface area contributed by atoms with Gasteiger partial charge in [0.1, 0.15) is 0 Å². The van der Waals surface area contributed by atoms with E-state index in [1.807, 2.05) is 42.1 Å². The maximum atomic E-state index is 11.8. The van der Waals surface area contributed by atoms with Crippen molar-refractivity contribution in [2.45, 2.75) is 38.1 Å². The van der Waals surface area contributed by atoms with Crippen molar-refractivity contribution in [1.82, 2.24) is 5.32 Å². The van der Waals surface area contributed by atoms with Gasteiger partial charge in [-0.15, -0.1) is 0 Å². The van der Waals surface area contributed by atoms with Crippen LogP contribution >= 0.6 is 11.8 Å². The predicted octanol–water partition coefficient (Wildman–Crippen LogP) is 2.60. The Kier molecular flexibility index (Phi) is 9.16. The summed E-state index contributed by atoms with van der Waals surface area (Å²) >= 11 is 1.89. The van der Waals surface area contributed by atoms with E-state index in [0.717, 1.165) is 18.5 Å². The second-order valence-electron chi connectivity index (χ2n) is 4.99. The van der Waals surface area contributed by atoms with E-state index in [9.17, 15) is 4.79 Å². The highest BCUT2D eigenvalue weighted by molar-refractivity contribution is 7.98. The molecule has 1 rings (SSSR count). The number of unbranched alkanes of at least 4 members (excludes halogenated alkanes) is 3. The zero-order valence-electron chi connectivity index (χ0n) is 12.3. The maximum Gasteiger partial charge on any atom is 0.237 e. The second kappa shape index (κ2) is 10.7. The van der Waals surface area contributed by atoms with E-state index in [-0.39, 0.29) is 5.91 Å². The van der Waals surface area contributed by atoms with Crippen molar-refractivity contribution in [3.63, 3.8) is 0 Å². The zero-order valence-corrected chi connectivity index (χ0v) is 13.1. The molecule has 0 unspecified atom stereocenters. The van der Waals surface area contributed by atoms with Gasteiger partial charge in [-0.3, -0.25) is 4.79 Å². The predicted molar refractivity (Wildman–Crippen MR) is 88.0 cm³/mol. The van der Waals surface area contributed by atoms with Crippen LogP contribution in [0.5, 0.6) is 0 Å². The third-order valence-electron chi connectivity index (χ3n) is 3.21. The number of hydrogen-bond donors (Lipinski definition) is 2. The minimum atomic E-state index is -0.450. The molecule has 3 nitrogen and oxygen atoms in total. The molecule has 0 aliphatic carbocycles. The third kappa shape index (κ3) is 7.56. The average Bonchev–Trinajstić information content (AvgIpc) is 2.47. The first-order chi connectivity index (χ1) is 9.74. The lowest BCUT2D eigenvalue weighted by Gasteiger charge is -2.12. The van der Waals surface area contributed by atoms with Crippen LogP contribution in [0.2, 0.25) is 0 Å². The molecule has 0 heterocycles.